The highest BCUT2D eigenvalue weighted by Crippen LogP contribution is 2.29. The number of pyridine rings is 1. The number of hydrogen-bond donors (Lipinski definition) is 1. The maximum atomic E-state index is 11.6. The molecule has 7 heteroatoms. The summed E-state index contributed by atoms with van der Waals surface area (Å²) in [6.07, 6.45) is 0. The number of para-hydroxylation sites is 1. The average molecular weight is 341 g/mol. The molecule has 1 heterocycles. The SMILES string of the molecule is COC(=O)c1nc(Cl)cc(NCc2ccccc2OC)c1Cl. The molecule has 0 saturated carbocycles. The molecule has 0 unspecified atom stereocenters. The number of hydrogen-bond acceptors (Lipinski definition) is 5. The van der Waals surface area contributed by atoms with Gasteiger partial charge < -0.3 is 14.8 Å². The Bertz CT molecular complexity index is 692. The van der Waals surface area contributed by atoms with Crippen LogP contribution in [0.1, 0.15) is 16.1 Å². The van der Waals surface area contributed by atoms with Crippen molar-refractivity contribution in [1.29, 1.82) is 0 Å². The van der Waals surface area contributed by atoms with Gasteiger partial charge in [0.2, 0.25) is 0 Å². The number of halogens is 2. The van der Waals surface area contributed by atoms with Gasteiger partial charge in [-0.1, -0.05) is 41.4 Å². The van der Waals surface area contributed by atoms with Crippen molar-refractivity contribution in [1.82, 2.24) is 4.98 Å². The summed E-state index contributed by atoms with van der Waals surface area (Å²) in [6.45, 7) is 0.449. The van der Waals surface area contributed by atoms with Gasteiger partial charge in [0.25, 0.3) is 0 Å². The molecule has 0 amide bonds. The molecule has 0 fully saturated rings. The first kappa shape index (κ1) is 16.4. The third-order valence-electron chi connectivity index (χ3n) is 2.97. The van der Waals surface area contributed by atoms with Crippen LogP contribution in [0.4, 0.5) is 5.69 Å². The Hall–Kier alpha value is -1.98. The fourth-order valence-corrected chi connectivity index (χ4v) is 2.33. The summed E-state index contributed by atoms with van der Waals surface area (Å²) in [7, 11) is 2.85. The third-order valence-corrected chi connectivity index (χ3v) is 3.54. The molecule has 0 atom stereocenters. The zero-order valence-electron chi connectivity index (χ0n) is 12.0. The lowest BCUT2D eigenvalue weighted by Crippen LogP contribution is -2.09. The lowest BCUT2D eigenvalue weighted by molar-refractivity contribution is 0.0594. The molecule has 0 aliphatic rings. The van der Waals surface area contributed by atoms with Crippen LogP contribution in [0.3, 0.4) is 0 Å². The van der Waals surface area contributed by atoms with E-state index in [1.807, 2.05) is 24.3 Å². The van der Waals surface area contributed by atoms with Gasteiger partial charge in [-0.25, -0.2) is 9.78 Å². The van der Waals surface area contributed by atoms with Gasteiger partial charge in [-0.3, -0.25) is 0 Å². The van der Waals surface area contributed by atoms with Crippen molar-refractivity contribution in [2.45, 2.75) is 6.54 Å². The monoisotopic (exact) mass is 340 g/mol. The van der Waals surface area contributed by atoms with Crippen molar-refractivity contribution in [2.24, 2.45) is 0 Å². The molecule has 1 N–H and O–H groups in total. The van der Waals surface area contributed by atoms with Crippen LogP contribution < -0.4 is 10.1 Å². The number of aromatic nitrogens is 1. The fourth-order valence-electron chi connectivity index (χ4n) is 1.90. The molecule has 0 saturated heterocycles. The van der Waals surface area contributed by atoms with Gasteiger partial charge in [0.05, 0.1) is 24.9 Å². The molecule has 116 valence electrons. The van der Waals surface area contributed by atoms with Gasteiger partial charge in [0.1, 0.15) is 10.9 Å². The summed E-state index contributed by atoms with van der Waals surface area (Å²) in [6, 6.07) is 9.11. The first-order chi connectivity index (χ1) is 10.6. The number of nitrogens with zero attached hydrogens (tertiary/aromatic N) is 1. The molecule has 0 aliphatic heterocycles. The highest BCUT2D eigenvalue weighted by atomic mass is 35.5. The smallest absolute Gasteiger partial charge is 0.358 e. The van der Waals surface area contributed by atoms with Crippen LogP contribution in [0.15, 0.2) is 30.3 Å². The van der Waals surface area contributed by atoms with Crippen LogP contribution in [-0.2, 0) is 11.3 Å². The van der Waals surface area contributed by atoms with E-state index in [0.717, 1.165) is 11.3 Å². The zero-order valence-corrected chi connectivity index (χ0v) is 13.5. The number of carbonyl (C=O) groups excluding carboxylic acids is 1. The summed E-state index contributed by atoms with van der Waals surface area (Å²) in [5, 5.41) is 3.42. The van der Waals surface area contributed by atoms with Gasteiger partial charge in [-0.2, -0.15) is 0 Å². The highest BCUT2D eigenvalue weighted by Gasteiger charge is 2.17. The second-order valence-corrected chi connectivity index (χ2v) is 5.08. The van der Waals surface area contributed by atoms with Crippen molar-refractivity contribution in [3.63, 3.8) is 0 Å². The molecule has 0 spiro atoms. The van der Waals surface area contributed by atoms with E-state index in [-0.39, 0.29) is 15.9 Å². The molecule has 0 aliphatic carbocycles. The predicted molar refractivity (Wildman–Crippen MR) is 85.9 cm³/mol. The zero-order chi connectivity index (χ0) is 16.1. The number of nitrogens with one attached hydrogen (secondary N) is 1. The van der Waals surface area contributed by atoms with E-state index >= 15 is 0 Å². The van der Waals surface area contributed by atoms with Crippen molar-refractivity contribution in [2.75, 3.05) is 19.5 Å². The van der Waals surface area contributed by atoms with Crippen molar-refractivity contribution < 1.29 is 14.3 Å². The molecule has 1 aromatic heterocycles. The summed E-state index contributed by atoms with van der Waals surface area (Å²) >= 11 is 12.1. The molecule has 5 nitrogen and oxygen atoms in total. The highest BCUT2D eigenvalue weighted by molar-refractivity contribution is 6.37. The third kappa shape index (κ3) is 3.61. The maximum Gasteiger partial charge on any atom is 0.358 e. The second kappa shape index (κ2) is 7.33. The van der Waals surface area contributed by atoms with Crippen LogP contribution in [0, 0.1) is 0 Å². The lowest BCUT2D eigenvalue weighted by Gasteiger charge is -2.13. The topological polar surface area (TPSA) is 60.5 Å². The molecule has 2 aromatic rings. The molecule has 22 heavy (non-hydrogen) atoms. The average Bonchev–Trinajstić information content (AvgIpc) is 2.54. The van der Waals surface area contributed by atoms with Gasteiger partial charge in [-0.15, -0.1) is 0 Å². The van der Waals surface area contributed by atoms with Crippen LogP contribution in [-0.4, -0.2) is 25.2 Å². The number of esters is 1. The van der Waals surface area contributed by atoms with Gasteiger partial charge in [0.15, 0.2) is 5.69 Å². The maximum absolute atomic E-state index is 11.6. The number of anilines is 1. The number of rotatable bonds is 5. The minimum Gasteiger partial charge on any atom is -0.496 e. The predicted octanol–water partition coefficient (Wildman–Crippen LogP) is 3.80. The Kier molecular flexibility index (Phi) is 5.46. The Morgan fingerprint density at radius 2 is 2.00 bits per heavy atom. The summed E-state index contributed by atoms with van der Waals surface area (Å²) in [5.41, 5.74) is 1.40. The van der Waals surface area contributed by atoms with E-state index < -0.39 is 5.97 Å². The minimum absolute atomic E-state index is 0.0285. The van der Waals surface area contributed by atoms with Gasteiger partial charge in [-0.05, 0) is 6.07 Å². The Morgan fingerprint density at radius 3 is 2.68 bits per heavy atom. The van der Waals surface area contributed by atoms with E-state index in [2.05, 4.69) is 15.0 Å². The van der Waals surface area contributed by atoms with E-state index in [4.69, 9.17) is 27.9 Å². The van der Waals surface area contributed by atoms with E-state index in [0.29, 0.717) is 12.2 Å². The van der Waals surface area contributed by atoms with Crippen LogP contribution in [0.2, 0.25) is 10.2 Å². The second-order valence-electron chi connectivity index (χ2n) is 4.31. The number of benzene rings is 1. The Morgan fingerprint density at radius 1 is 1.27 bits per heavy atom. The van der Waals surface area contributed by atoms with Crippen molar-refractivity contribution in [3.8, 4) is 5.75 Å². The fraction of sp³-hybridized carbons (Fsp3) is 0.200. The molecule has 0 bridgehead atoms. The summed E-state index contributed by atoms with van der Waals surface area (Å²) < 4.78 is 9.92. The largest absolute Gasteiger partial charge is 0.496 e. The number of ether oxygens (including phenoxy) is 2. The summed E-state index contributed by atoms with van der Waals surface area (Å²) in [5.74, 6) is 0.104. The molecule has 2 rings (SSSR count). The van der Waals surface area contributed by atoms with Crippen molar-refractivity contribution in [3.05, 3.63) is 51.8 Å². The molecule has 1 aromatic carbocycles. The minimum atomic E-state index is -0.646. The van der Waals surface area contributed by atoms with Crippen LogP contribution in [0.25, 0.3) is 0 Å². The molecular weight excluding hydrogens is 327 g/mol. The number of methoxy groups -OCH3 is 2. The lowest BCUT2D eigenvalue weighted by atomic mass is 10.2. The first-order valence-corrected chi connectivity index (χ1v) is 7.12. The van der Waals surface area contributed by atoms with Gasteiger partial charge >= 0.3 is 5.97 Å². The standard InChI is InChI=1S/C15H14Cl2N2O3/c1-21-11-6-4-3-5-9(11)8-18-10-7-12(16)19-14(13(10)17)15(20)22-2/h3-7H,8H2,1-2H3,(H,18,19). The normalized spacial score (nSPS) is 10.2. The molecular formula is C15H14Cl2N2O3. The van der Waals surface area contributed by atoms with E-state index in [1.165, 1.54) is 7.11 Å². The van der Waals surface area contributed by atoms with E-state index in [1.54, 1.807) is 13.2 Å². The first-order valence-electron chi connectivity index (χ1n) is 6.37. The Balaban J connectivity index is 2.26. The molecule has 0 radical (unpaired) electrons. The van der Waals surface area contributed by atoms with E-state index in [9.17, 15) is 4.79 Å². The van der Waals surface area contributed by atoms with Gasteiger partial charge in [0, 0.05) is 18.2 Å². The van der Waals surface area contributed by atoms with Crippen LogP contribution in [0.5, 0.6) is 5.75 Å². The quantitative estimate of drug-likeness (QED) is 0.662. The summed E-state index contributed by atoms with van der Waals surface area (Å²) in [4.78, 5) is 15.5. The Labute approximate surface area is 138 Å². The van der Waals surface area contributed by atoms with Crippen molar-refractivity contribution >= 4 is 34.9 Å². The number of carbonyl (C=O) groups is 1. The van der Waals surface area contributed by atoms with Crippen LogP contribution >= 0.6 is 23.2 Å².